The van der Waals surface area contributed by atoms with Crippen LogP contribution in [0.4, 0.5) is 26.3 Å². The molecule has 1 aromatic rings. The number of carbonyl (C=O) groups excluding carboxylic acids is 1. The molecule has 0 saturated heterocycles. The van der Waals surface area contributed by atoms with E-state index in [1.807, 2.05) is 0 Å². The molecule has 0 saturated carbocycles. The van der Waals surface area contributed by atoms with Gasteiger partial charge in [-0.05, 0) is 0 Å². The fraction of sp³-hybridized carbons (Fsp3) is 0.125. The zero-order valence-corrected chi connectivity index (χ0v) is 7.24. The molecule has 0 aliphatic carbocycles. The van der Waals surface area contributed by atoms with Gasteiger partial charge in [-0.2, -0.15) is 13.2 Å². The molecule has 0 atom stereocenters. The Balaban J connectivity index is 3.03. The van der Waals surface area contributed by atoms with Crippen LogP contribution in [0.1, 0.15) is 0 Å². The van der Waals surface area contributed by atoms with Gasteiger partial charge in [0.15, 0.2) is 11.6 Å². The molecule has 8 heteroatoms. The van der Waals surface area contributed by atoms with Gasteiger partial charge in [0.25, 0.3) is 0 Å². The highest BCUT2D eigenvalue weighted by molar-refractivity contribution is 5.78. The lowest BCUT2D eigenvalue weighted by atomic mass is 10.3. The Kier molecular flexibility index (Phi) is 3.11. The summed E-state index contributed by atoms with van der Waals surface area (Å²) in [4.78, 5) is 10.2. The topological polar surface area (TPSA) is 26.3 Å². The molecule has 0 spiro atoms. The van der Waals surface area contributed by atoms with Crippen molar-refractivity contribution in [1.29, 1.82) is 0 Å². The van der Waals surface area contributed by atoms with E-state index in [9.17, 15) is 31.1 Å². The van der Waals surface area contributed by atoms with Crippen LogP contribution in [0.5, 0.6) is 5.75 Å². The molecular formula is C8H2F6O2. The SMILES string of the molecule is O=C(Oc1c(F)cc(F)cc1F)C(F)(F)F. The second-order valence-electron chi connectivity index (χ2n) is 2.59. The van der Waals surface area contributed by atoms with Crippen molar-refractivity contribution in [3.63, 3.8) is 0 Å². The first-order valence-electron chi connectivity index (χ1n) is 3.65. The lowest BCUT2D eigenvalue weighted by Crippen LogP contribution is -2.28. The summed E-state index contributed by atoms with van der Waals surface area (Å²) in [7, 11) is 0. The molecule has 88 valence electrons. The van der Waals surface area contributed by atoms with Crippen LogP contribution >= 0.6 is 0 Å². The number of carbonyl (C=O) groups is 1. The van der Waals surface area contributed by atoms with Crippen LogP contribution in [-0.4, -0.2) is 12.1 Å². The third kappa shape index (κ3) is 2.65. The molecule has 0 unspecified atom stereocenters. The summed E-state index contributed by atoms with van der Waals surface area (Å²) in [5.41, 5.74) is 0. The van der Waals surface area contributed by atoms with E-state index in [1.165, 1.54) is 0 Å². The monoisotopic (exact) mass is 244 g/mol. The summed E-state index contributed by atoms with van der Waals surface area (Å²) >= 11 is 0. The van der Waals surface area contributed by atoms with Gasteiger partial charge in [-0.3, -0.25) is 0 Å². The predicted octanol–water partition coefficient (Wildman–Crippen LogP) is 2.57. The third-order valence-electron chi connectivity index (χ3n) is 1.39. The quantitative estimate of drug-likeness (QED) is 0.431. The molecule has 0 amide bonds. The largest absolute Gasteiger partial charge is 0.491 e. The molecule has 0 heterocycles. The highest BCUT2D eigenvalue weighted by atomic mass is 19.4. The van der Waals surface area contributed by atoms with E-state index in [0.29, 0.717) is 0 Å². The Labute approximate surface area is 84.4 Å². The summed E-state index contributed by atoms with van der Waals surface area (Å²) in [5, 5.41) is 0. The Hall–Kier alpha value is -1.73. The maximum absolute atomic E-state index is 12.7. The molecule has 0 aliphatic rings. The van der Waals surface area contributed by atoms with Crippen molar-refractivity contribution in [2.24, 2.45) is 0 Å². The minimum Gasteiger partial charge on any atom is -0.414 e. The summed E-state index contributed by atoms with van der Waals surface area (Å²) in [5.74, 6) is -9.22. The number of halogens is 6. The van der Waals surface area contributed by atoms with Gasteiger partial charge < -0.3 is 4.74 Å². The van der Waals surface area contributed by atoms with Gasteiger partial charge in [-0.25, -0.2) is 18.0 Å². The standard InChI is InChI=1S/C8H2F6O2/c9-3-1-4(10)6(5(11)2-3)16-7(15)8(12,13)14/h1-2H. The summed E-state index contributed by atoms with van der Waals surface area (Å²) < 4.78 is 76.3. The van der Waals surface area contributed by atoms with E-state index in [2.05, 4.69) is 4.74 Å². The van der Waals surface area contributed by atoms with Crippen LogP contribution in [0.25, 0.3) is 0 Å². The van der Waals surface area contributed by atoms with Crippen molar-refractivity contribution in [3.8, 4) is 5.75 Å². The summed E-state index contributed by atoms with van der Waals surface area (Å²) in [6.45, 7) is 0. The van der Waals surface area contributed by atoms with Gasteiger partial charge in [0.2, 0.25) is 5.75 Å². The number of ether oxygens (including phenoxy) is 1. The highest BCUT2D eigenvalue weighted by Gasteiger charge is 2.42. The summed E-state index contributed by atoms with van der Waals surface area (Å²) in [6.07, 6.45) is -5.40. The molecule has 0 aliphatic heterocycles. The Morgan fingerprint density at radius 2 is 1.50 bits per heavy atom. The van der Waals surface area contributed by atoms with E-state index in [1.54, 1.807) is 0 Å². The van der Waals surface area contributed by atoms with Crippen molar-refractivity contribution < 1.29 is 35.9 Å². The van der Waals surface area contributed by atoms with Gasteiger partial charge in [-0.15, -0.1) is 0 Å². The zero-order valence-electron chi connectivity index (χ0n) is 7.24. The average molecular weight is 244 g/mol. The molecule has 0 bridgehead atoms. The van der Waals surface area contributed by atoms with Crippen molar-refractivity contribution in [3.05, 3.63) is 29.6 Å². The molecule has 2 nitrogen and oxygen atoms in total. The first-order valence-corrected chi connectivity index (χ1v) is 3.65. The van der Waals surface area contributed by atoms with Crippen LogP contribution in [-0.2, 0) is 4.79 Å². The first-order chi connectivity index (χ1) is 7.21. The minimum absolute atomic E-state index is 0.0854. The third-order valence-corrected chi connectivity index (χ3v) is 1.39. The maximum atomic E-state index is 12.7. The Morgan fingerprint density at radius 1 is 1.06 bits per heavy atom. The summed E-state index contributed by atoms with van der Waals surface area (Å²) in [6, 6.07) is 0.171. The molecule has 1 aromatic carbocycles. The van der Waals surface area contributed by atoms with Gasteiger partial charge >= 0.3 is 12.1 Å². The van der Waals surface area contributed by atoms with Gasteiger partial charge in [0.1, 0.15) is 5.82 Å². The van der Waals surface area contributed by atoms with E-state index >= 15 is 0 Å². The van der Waals surface area contributed by atoms with Crippen molar-refractivity contribution in [2.45, 2.75) is 6.18 Å². The van der Waals surface area contributed by atoms with Crippen LogP contribution < -0.4 is 4.74 Å². The number of rotatable bonds is 1. The van der Waals surface area contributed by atoms with Crippen LogP contribution in [0.3, 0.4) is 0 Å². The molecule has 0 fully saturated rings. The molecule has 0 radical (unpaired) electrons. The fourth-order valence-corrected chi connectivity index (χ4v) is 0.777. The normalized spacial score (nSPS) is 11.4. The van der Waals surface area contributed by atoms with E-state index in [0.717, 1.165) is 0 Å². The van der Waals surface area contributed by atoms with Crippen molar-refractivity contribution in [2.75, 3.05) is 0 Å². The minimum atomic E-state index is -5.40. The predicted molar refractivity (Wildman–Crippen MR) is 38.0 cm³/mol. The first kappa shape index (κ1) is 12.3. The second-order valence-corrected chi connectivity index (χ2v) is 2.59. The number of hydrogen-bond acceptors (Lipinski definition) is 2. The second kappa shape index (κ2) is 4.03. The number of benzene rings is 1. The molecule has 0 aromatic heterocycles. The smallest absolute Gasteiger partial charge is 0.414 e. The van der Waals surface area contributed by atoms with E-state index in [4.69, 9.17) is 0 Å². The van der Waals surface area contributed by atoms with Crippen LogP contribution in [0, 0.1) is 17.5 Å². The van der Waals surface area contributed by atoms with Gasteiger partial charge in [-0.1, -0.05) is 0 Å². The van der Waals surface area contributed by atoms with Gasteiger partial charge in [0.05, 0.1) is 0 Å². The van der Waals surface area contributed by atoms with Crippen LogP contribution in [0.2, 0.25) is 0 Å². The zero-order chi connectivity index (χ0) is 12.5. The lowest BCUT2D eigenvalue weighted by molar-refractivity contribution is -0.190. The number of esters is 1. The van der Waals surface area contributed by atoms with E-state index < -0.39 is 35.3 Å². The number of hydrogen-bond donors (Lipinski definition) is 0. The Bertz CT molecular complexity index is 402. The molecule has 0 N–H and O–H groups in total. The average Bonchev–Trinajstić information content (AvgIpc) is 2.08. The van der Waals surface area contributed by atoms with E-state index in [-0.39, 0.29) is 12.1 Å². The Morgan fingerprint density at radius 3 is 1.88 bits per heavy atom. The molecule has 16 heavy (non-hydrogen) atoms. The maximum Gasteiger partial charge on any atom is 0.491 e. The van der Waals surface area contributed by atoms with Crippen molar-refractivity contribution in [1.82, 2.24) is 0 Å². The van der Waals surface area contributed by atoms with Crippen molar-refractivity contribution >= 4 is 5.97 Å². The fourth-order valence-electron chi connectivity index (χ4n) is 0.777. The highest BCUT2D eigenvalue weighted by Crippen LogP contribution is 2.26. The van der Waals surface area contributed by atoms with Crippen LogP contribution in [0.15, 0.2) is 12.1 Å². The molecule has 1 rings (SSSR count). The number of alkyl halides is 3. The van der Waals surface area contributed by atoms with Gasteiger partial charge in [0, 0.05) is 12.1 Å². The lowest BCUT2D eigenvalue weighted by Gasteiger charge is -2.08. The molecular weight excluding hydrogens is 242 g/mol.